The lowest BCUT2D eigenvalue weighted by Crippen LogP contribution is -2.46. The van der Waals surface area contributed by atoms with E-state index < -0.39 is 0 Å². The number of rotatable bonds is 7. The molecule has 4 rings (SSSR count). The maximum atomic E-state index is 13.6. The van der Waals surface area contributed by atoms with E-state index in [1.165, 1.54) is 11.1 Å². The molecule has 2 aromatic rings. The summed E-state index contributed by atoms with van der Waals surface area (Å²) < 4.78 is 0. The summed E-state index contributed by atoms with van der Waals surface area (Å²) in [7, 11) is 0. The number of nitrogens with zero attached hydrogens (tertiary/aromatic N) is 1. The number of anilines is 1. The topological polar surface area (TPSA) is 81.7 Å². The molecule has 0 aromatic heterocycles. The Kier molecular flexibility index (Phi) is 7.78. The number of aryl methyl sites for hydroxylation is 2. The number of hydrogen-bond acceptors (Lipinski definition) is 4. The number of carbonyl (C=O) groups is 2. The molecule has 1 fully saturated rings. The summed E-state index contributed by atoms with van der Waals surface area (Å²) in [4.78, 5) is 27.4. The molecule has 2 aliphatic rings. The third kappa shape index (κ3) is 5.81. The van der Waals surface area contributed by atoms with Gasteiger partial charge in [0, 0.05) is 11.6 Å². The van der Waals surface area contributed by atoms with Crippen molar-refractivity contribution < 1.29 is 14.8 Å². The number of fused-ring (bicyclic) bond motifs is 1. The van der Waals surface area contributed by atoms with Crippen molar-refractivity contribution in [3.8, 4) is 0 Å². The Morgan fingerprint density at radius 3 is 2.67 bits per heavy atom. The van der Waals surface area contributed by atoms with E-state index in [-0.39, 0.29) is 23.8 Å². The molecule has 1 aliphatic carbocycles. The fourth-order valence-corrected chi connectivity index (χ4v) is 5.29. The number of hydrogen-bond donors (Lipinski definition) is 3. The standard InChI is InChI=1S/C27H35N3O3/c1-19-9-11-21(12-10-19)18-30-25-8-3-2-6-22(25)13-14-24(27(30)32)28-16-15-20-5-4-7-23(17-20)26(31)29-33/h2-3,6,8-12,20,23-24,28,33H,4-5,7,13-18H2,1H3,(H,29,31)/t20?,23-,24-/m0/s1. The van der Waals surface area contributed by atoms with E-state index in [0.29, 0.717) is 12.5 Å². The van der Waals surface area contributed by atoms with Crippen LogP contribution in [-0.2, 0) is 22.6 Å². The Labute approximate surface area is 196 Å². The van der Waals surface area contributed by atoms with Crippen LogP contribution in [0.3, 0.4) is 0 Å². The highest BCUT2D eigenvalue weighted by molar-refractivity contribution is 5.98. The molecule has 2 amide bonds. The lowest BCUT2D eigenvalue weighted by Gasteiger charge is -2.29. The number of amides is 2. The molecule has 1 heterocycles. The summed E-state index contributed by atoms with van der Waals surface area (Å²) in [5.74, 6) is 0.195. The number of para-hydroxylation sites is 1. The van der Waals surface area contributed by atoms with E-state index in [4.69, 9.17) is 5.21 Å². The van der Waals surface area contributed by atoms with E-state index in [1.54, 1.807) is 0 Å². The van der Waals surface area contributed by atoms with Crippen LogP contribution in [0.25, 0.3) is 0 Å². The third-order valence-electron chi connectivity index (χ3n) is 7.22. The monoisotopic (exact) mass is 449 g/mol. The molecule has 6 nitrogen and oxygen atoms in total. The van der Waals surface area contributed by atoms with Gasteiger partial charge in [-0.25, -0.2) is 5.48 Å². The zero-order valence-electron chi connectivity index (χ0n) is 19.4. The van der Waals surface area contributed by atoms with E-state index >= 15 is 0 Å². The molecule has 1 aliphatic heterocycles. The molecule has 6 heteroatoms. The van der Waals surface area contributed by atoms with Gasteiger partial charge in [0.25, 0.3) is 0 Å². The molecule has 0 radical (unpaired) electrons. The maximum absolute atomic E-state index is 13.6. The Hall–Kier alpha value is -2.70. The van der Waals surface area contributed by atoms with Crippen LogP contribution in [0.5, 0.6) is 0 Å². The quantitative estimate of drug-likeness (QED) is 0.438. The van der Waals surface area contributed by atoms with Crippen molar-refractivity contribution in [2.24, 2.45) is 11.8 Å². The van der Waals surface area contributed by atoms with Gasteiger partial charge in [-0.3, -0.25) is 14.8 Å². The zero-order chi connectivity index (χ0) is 23.2. The molecule has 33 heavy (non-hydrogen) atoms. The smallest absolute Gasteiger partial charge is 0.246 e. The first kappa shape index (κ1) is 23.5. The minimum atomic E-state index is -0.267. The van der Waals surface area contributed by atoms with E-state index in [9.17, 15) is 9.59 Å². The van der Waals surface area contributed by atoms with Crippen LogP contribution < -0.4 is 15.7 Å². The van der Waals surface area contributed by atoms with Gasteiger partial charge < -0.3 is 10.2 Å². The minimum absolute atomic E-state index is 0.104. The third-order valence-corrected chi connectivity index (χ3v) is 7.22. The lowest BCUT2D eigenvalue weighted by molar-refractivity contribution is -0.134. The van der Waals surface area contributed by atoms with Gasteiger partial charge >= 0.3 is 0 Å². The van der Waals surface area contributed by atoms with Crippen LogP contribution >= 0.6 is 0 Å². The van der Waals surface area contributed by atoms with E-state index in [1.807, 2.05) is 22.5 Å². The van der Waals surface area contributed by atoms with Gasteiger partial charge in [-0.1, -0.05) is 60.9 Å². The first-order chi connectivity index (χ1) is 16.0. The van der Waals surface area contributed by atoms with E-state index in [0.717, 1.165) is 62.7 Å². The molecule has 0 bridgehead atoms. The van der Waals surface area contributed by atoms with Crippen molar-refractivity contribution in [1.29, 1.82) is 0 Å². The van der Waals surface area contributed by atoms with Crippen LogP contribution in [0.15, 0.2) is 48.5 Å². The number of nitrogens with one attached hydrogen (secondary N) is 2. The lowest BCUT2D eigenvalue weighted by atomic mass is 9.79. The van der Waals surface area contributed by atoms with Gasteiger partial charge in [0.2, 0.25) is 11.8 Å². The van der Waals surface area contributed by atoms with Gasteiger partial charge in [-0.2, -0.15) is 0 Å². The summed E-state index contributed by atoms with van der Waals surface area (Å²) in [5.41, 5.74) is 6.37. The van der Waals surface area contributed by atoms with Crippen LogP contribution in [-0.4, -0.2) is 29.6 Å². The highest BCUT2D eigenvalue weighted by Crippen LogP contribution is 2.32. The summed E-state index contributed by atoms with van der Waals surface area (Å²) in [6.07, 6.45) is 6.32. The van der Waals surface area contributed by atoms with Gasteiger partial charge in [0.15, 0.2) is 0 Å². The average Bonchev–Trinajstić information content (AvgIpc) is 2.97. The summed E-state index contributed by atoms with van der Waals surface area (Å²) in [6, 6.07) is 16.4. The first-order valence-corrected chi connectivity index (χ1v) is 12.2. The number of carbonyl (C=O) groups excluding carboxylic acids is 2. The van der Waals surface area contributed by atoms with Crippen molar-refractivity contribution in [1.82, 2.24) is 10.8 Å². The highest BCUT2D eigenvalue weighted by Gasteiger charge is 2.31. The second kappa shape index (κ2) is 10.9. The predicted octanol–water partition coefficient (Wildman–Crippen LogP) is 4.13. The molecule has 176 valence electrons. The van der Waals surface area contributed by atoms with Gasteiger partial charge in [-0.05, 0) is 68.7 Å². The molecular formula is C27H35N3O3. The zero-order valence-corrected chi connectivity index (χ0v) is 19.4. The summed E-state index contributed by atoms with van der Waals surface area (Å²) in [6.45, 7) is 3.39. The highest BCUT2D eigenvalue weighted by atomic mass is 16.5. The Morgan fingerprint density at radius 1 is 1.09 bits per heavy atom. The van der Waals surface area contributed by atoms with Crippen LogP contribution in [0.4, 0.5) is 5.69 Å². The van der Waals surface area contributed by atoms with Crippen LogP contribution in [0, 0.1) is 18.8 Å². The second-order valence-electron chi connectivity index (χ2n) is 9.58. The van der Waals surface area contributed by atoms with Crippen molar-refractivity contribution in [3.05, 3.63) is 65.2 Å². The fourth-order valence-electron chi connectivity index (χ4n) is 5.29. The van der Waals surface area contributed by atoms with Gasteiger partial charge in [-0.15, -0.1) is 0 Å². The van der Waals surface area contributed by atoms with Crippen molar-refractivity contribution in [2.75, 3.05) is 11.4 Å². The molecule has 2 aromatic carbocycles. The minimum Gasteiger partial charge on any atom is -0.306 e. The molecule has 0 saturated heterocycles. The second-order valence-corrected chi connectivity index (χ2v) is 9.58. The van der Waals surface area contributed by atoms with Crippen LogP contribution in [0.1, 0.15) is 55.2 Å². The molecule has 1 saturated carbocycles. The molecular weight excluding hydrogens is 414 g/mol. The normalized spacial score (nSPS) is 23.0. The first-order valence-electron chi connectivity index (χ1n) is 12.2. The average molecular weight is 450 g/mol. The fraction of sp³-hybridized carbons (Fsp3) is 0.481. The van der Waals surface area contributed by atoms with Crippen molar-refractivity contribution in [3.63, 3.8) is 0 Å². The Morgan fingerprint density at radius 2 is 1.88 bits per heavy atom. The molecule has 3 N–H and O–H groups in total. The largest absolute Gasteiger partial charge is 0.306 e. The van der Waals surface area contributed by atoms with Crippen molar-refractivity contribution in [2.45, 2.75) is 64.5 Å². The summed E-state index contributed by atoms with van der Waals surface area (Å²) in [5, 5.41) is 12.5. The van der Waals surface area contributed by atoms with E-state index in [2.05, 4.69) is 48.6 Å². The molecule has 3 atom stereocenters. The van der Waals surface area contributed by atoms with Gasteiger partial charge in [0.05, 0.1) is 12.6 Å². The molecule has 0 spiro atoms. The SMILES string of the molecule is Cc1ccc(CN2C(=O)[C@@H](NCCC3CCC[C@H](C(=O)NO)C3)CCc3ccccc32)cc1. The number of hydroxylamine groups is 1. The summed E-state index contributed by atoms with van der Waals surface area (Å²) >= 11 is 0. The van der Waals surface area contributed by atoms with Crippen LogP contribution in [0.2, 0.25) is 0 Å². The van der Waals surface area contributed by atoms with Gasteiger partial charge in [0.1, 0.15) is 0 Å². The van der Waals surface area contributed by atoms with Crippen molar-refractivity contribution >= 4 is 17.5 Å². The Balaban J connectivity index is 1.41. The predicted molar refractivity (Wildman–Crippen MR) is 129 cm³/mol. The maximum Gasteiger partial charge on any atom is 0.246 e. The number of benzene rings is 2. The molecule has 1 unspecified atom stereocenters. The Bertz CT molecular complexity index is 959.